The van der Waals surface area contributed by atoms with E-state index in [0.717, 1.165) is 0 Å². The number of rotatable bonds is 7. The second kappa shape index (κ2) is 8.57. The lowest BCUT2D eigenvalue weighted by Crippen LogP contribution is -2.11. The first kappa shape index (κ1) is 18.9. The van der Waals surface area contributed by atoms with Crippen molar-refractivity contribution in [3.63, 3.8) is 0 Å². The zero-order valence-electron chi connectivity index (χ0n) is 14.7. The second-order valence-corrected chi connectivity index (χ2v) is 5.21. The van der Waals surface area contributed by atoms with Gasteiger partial charge in [-0.25, -0.2) is 0 Å². The van der Waals surface area contributed by atoms with Crippen LogP contribution in [0, 0.1) is 0 Å². The molecular weight excluding hydrogens is 336 g/mol. The Morgan fingerprint density at radius 3 is 2.04 bits per heavy atom. The van der Waals surface area contributed by atoms with Crippen LogP contribution in [-0.2, 0) is 4.79 Å². The van der Waals surface area contributed by atoms with Crippen LogP contribution in [0.4, 0.5) is 5.69 Å². The highest BCUT2D eigenvalue weighted by molar-refractivity contribution is 6.02. The summed E-state index contributed by atoms with van der Waals surface area (Å²) in [6.45, 7) is 0. The van der Waals surface area contributed by atoms with E-state index >= 15 is 0 Å². The molecule has 2 rings (SSSR count). The normalized spacial score (nSPS) is 10.4. The van der Waals surface area contributed by atoms with Gasteiger partial charge < -0.3 is 25.3 Å². The van der Waals surface area contributed by atoms with Crippen molar-refractivity contribution in [1.82, 2.24) is 0 Å². The number of hydrogen-bond donors (Lipinski definition) is 2. The summed E-state index contributed by atoms with van der Waals surface area (Å²) in [6, 6.07) is 9.67. The number of carbonyl (C=O) groups is 2. The Hall–Kier alpha value is -3.48. The minimum atomic E-state index is -0.525. The number of nitrogens with one attached hydrogen (secondary N) is 1. The molecule has 0 aromatic heterocycles. The number of amides is 2. The molecule has 0 bridgehead atoms. The molecule has 0 aliphatic carbocycles. The third-order valence-corrected chi connectivity index (χ3v) is 3.59. The van der Waals surface area contributed by atoms with Crippen molar-refractivity contribution in [3.8, 4) is 17.2 Å². The molecule has 2 aromatic rings. The molecule has 0 fully saturated rings. The van der Waals surface area contributed by atoms with E-state index < -0.39 is 5.91 Å². The molecule has 26 heavy (non-hydrogen) atoms. The lowest BCUT2D eigenvalue weighted by Gasteiger charge is -2.12. The molecule has 136 valence electrons. The minimum Gasteiger partial charge on any atom is -0.496 e. The summed E-state index contributed by atoms with van der Waals surface area (Å²) in [7, 11) is 4.59. The van der Waals surface area contributed by atoms with E-state index in [-0.39, 0.29) is 5.91 Å². The maximum atomic E-state index is 12.1. The van der Waals surface area contributed by atoms with Gasteiger partial charge in [0.1, 0.15) is 5.75 Å². The zero-order valence-corrected chi connectivity index (χ0v) is 14.7. The average molecular weight is 356 g/mol. The van der Waals surface area contributed by atoms with Crippen molar-refractivity contribution < 1.29 is 23.8 Å². The summed E-state index contributed by atoms with van der Waals surface area (Å²) in [4.78, 5) is 23.1. The van der Waals surface area contributed by atoms with E-state index in [1.165, 1.54) is 27.4 Å². The quantitative estimate of drug-likeness (QED) is 0.742. The highest BCUT2D eigenvalue weighted by Crippen LogP contribution is 2.35. The first-order chi connectivity index (χ1) is 12.5. The molecule has 2 aromatic carbocycles. The molecule has 0 unspecified atom stereocenters. The molecule has 0 saturated heterocycles. The van der Waals surface area contributed by atoms with Gasteiger partial charge in [-0.15, -0.1) is 0 Å². The van der Waals surface area contributed by atoms with Gasteiger partial charge in [-0.05, 0) is 36.4 Å². The van der Waals surface area contributed by atoms with E-state index in [4.69, 9.17) is 19.9 Å². The van der Waals surface area contributed by atoms with E-state index in [0.29, 0.717) is 34.1 Å². The summed E-state index contributed by atoms with van der Waals surface area (Å²) in [6.07, 6.45) is 2.97. The number of nitrogens with two attached hydrogens (primary N) is 1. The Labute approximate surface area is 151 Å². The standard InChI is InChI=1S/C19H20N2O5/c1-24-15-11-17(26-3)16(25-2)10-13(15)6-9-18(22)21-14-7-4-12(5-8-14)19(20)23/h4-11H,1-3H3,(H2,20,23)(H,21,22)/b9-6+. The van der Waals surface area contributed by atoms with Gasteiger partial charge >= 0.3 is 0 Å². The number of carbonyl (C=O) groups excluding carboxylic acids is 2. The molecule has 0 aliphatic rings. The largest absolute Gasteiger partial charge is 0.496 e. The fourth-order valence-corrected chi connectivity index (χ4v) is 2.25. The van der Waals surface area contributed by atoms with Crippen LogP contribution >= 0.6 is 0 Å². The number of methoxy groups -OCH3 is 3. The van der Waals surface area contributed by atoms with Gasteiger partial charge in [-0.2, -0.15) is 0 Å². The summed E-state index contributed by atoms with van der Waals surface area (Å²) in [5.74, 6) is 0.727. The summed E-state index contributed by atoms with van der Waals surface area (Å²) < 4.78 is 15.8. The van der Waals surface area contributed by atoms with Crippen LogP contribution in [0.2, 0.25) is 0 Å². The minimum absolute atomic E-state index is 0.339. The maximum Gasteiger partial charge on any atom is 0.248 e. The first-order valence-electron chi connectivity index (χ1n) is 7.67. The van der Waals surface area contributed by atoms with Crippen LogP contribution < -0.4 is 25.3 Å². The van der Waals surface area contributed by atoms with Crippen LogP contribution in [-0.4, -0.2) is 33.1 Å². The highest BCUT2D eigenvalue weighted by Gasteiger charge is 2.10. The van der Waals surface area contributed by atoms with Gasteiger partial charge in [0.25, 0.3) is 0 Å². The molecule has 0 radical (unpaired) electrons. The second-order valence-electron chi connectivity index (χ2n) is 5.21. The molecule has 7 heteroatoms. The van der Waals surface area contributed by atoms with E-state index in [2.05, 4.69) is 5.32 Å². The lowest BCUT2D eigenvalue weighted by molar-refractivity contribution is -0.111. The molecule has 7 nitrogen and oxygen atoms in total. The van der Waals surface area contributed by atoms with Crippen molar-refractivity contribution >= 4 is 23.6 Å². The SMILES string of the molecule is COc1cc(OC)c(OC)cc1/C=C/C(=O)Nc1ccc(C(N)=O)cc1. The zero-order chi connectivity index (χ0) is 19.1. The monoisotopic (exact) mass is 356 g/mol. The third kappa shape index (κ3) is 4.54. The van der Waals surface area contributed by atoms with Gasteiger partial charge in [-0.1, -0.05) is 0 Å². The van der Waals surface area contributed by atoms with Crippen molar-refractivity contribution in [2.45, 2.75) is 0 Å². The Kier molecular flexibility index (Phi) is 6.21. The Balaban J connectivity index is 2.15. The highest BCUT2D eigenvalue weighted by atomic mass is 16.5. The molecule has 0 saturated carbocycles. The fraction of sp³-hybridized carbons (Fsp3) is 0.158. The van der Waals surface area contributed by atoms with E-state index in [9.17, 15) is 9.59 Å². The maximum absolute atomic E-state index is 12.1. The number of primary amides is 1. The summed E-state index contributed by atoms with van der Waals surface area (Å²) >= 11 is 0. The first-order valence-corrected chi connectivity index (χ1v) is 7.67. The predicted molar refractivity (Wildman–Crippen MR) is 98.7 cm³/mol. The van der Waals surface area contributed by atoms with Crippen molar-refractivity contribution in [2.75, 3.05) is 26.6 Å². The van der Waals surface area contributed by atoms with Crippen LogP contribution in [0.5, 0.6) is 17.2 Å². The van der Waals surface area contributed by atoms with Crippen LogP contribution in [0.3, 0.4) is 0 Å². The molecule has 3 N–H and O–H groups in total. The van der Waals surface area contributed by atoms with Gasteiger partial charge in [0.05, 0.1) is 21.3 Å². The van der Waals surface area contributed by atoms with Crippen LogP contribution in [0.25, 0.3) is 6.08 Å². The Morgan fingerprint density at radius 2 is 1.50 bits per heavy atom. The smallest absolute Gasteiger partial charge is 0.248 e. The lowest BCUT2D eigenvalue weighted by atomic mass is 10.1. The van der Waals surface area contributed by atoms with Crippen molar-refractivity contribution in [2.24, 2.45) is 5.73 Å². The number of benzene rings is 2. The van der Waals surface area contributed by atoms with Gasteiger partial charge in [0.15, 0.2) is 11.5 Å². The Bertz CT molecular complexity index is 829. The topological polar surface area (TPSA) is 99.9 Å². The summed E-state index contributed by atoms with van der Waals surface area (Å²) in [5.41, 5.74) is 6.75. The number of anilines is 1. The van der Waals surface area contributed by atoms with E-state index in [1.807, 2.05) is 0 Å². The molecule has 0 heterocycles. The average Bonchev–Trinajstić information content (AvgIpc) is 2.65. The predicted octanol–water partition coefficient (Wildman–Crippen LogP) is 2.46. The fourth-order valence-electron chi connectivity index (χ4n) is 2.25. The van der Waals surface area contributed by atoms with Gasteiger partial charge in [-0.3, -0.25) is 9.59 Å². The molecule has 0 aliphatic heterocycles. The van der Waals surface area contributed by atoms with Crippen molar-refractivity contribution in [1.29, 1.82) is 0 Å². The van der Waals surface area contributed by atoms with Gasteiger partial charge in [0.2, 0.25) is 11.8 Å². The summed E-state index contributed by atoms with van der Waals surface area (Å²) in [5, 5.41) is 2.69. The molecule has 2 amide bonds. The molecule has 0 atom stereocenters. The van der Waals surface area contributed by atoms with Crippen LogP contribution in [0.1, 0.15) is 15.9 Å². The van der Waals surface area contributed by atoms with Gasteiger partial charge in [0, 0.05) is 29.0 Å². The van der Waals surface area contributed by atoms with Crippen molar-refractivity contribution in [3.05, 3.63) is 53.6 Å². The Morgan fingerprint density at radius 1 is 0.923 bits per heavy atom. The molecular formula is C19H20N2O5. The third-order valence-electron chi connectivity index (χ3n) is 3.59. The van der Waals surface area contributed by atoms with Crippen LogP contribution in [0.15, 0.2) is 42.5 Å². The number of ether oxygens (including phenoxy) is 3. The van der Waals surface area contributed by atoms with E-state index in [1.54, 1.807) is 42.5 Å². The molecule has 0 spiro atoms. The number of hydrogen-bond acceptors (Lipinski definition) is 5.